The van der Waals surface area contributed by atoms with E-state index in [0.717, 1.165) is 43.6 Å². The maximum Gasteiger partial charge on any atom is 0.204 e. The Bertz CT molecular complexity index is 1730. The number of carbonyl (C=O) groups excluding carboxylic acids is 1. The molecule has 0 saturated carbocycles. The number of hydrogen-bond acceptors (Lipinski definition) is 5. The first-order valence-electron chi connectivity index (χ1n) is 17.0. The third-order valence-electron chi connectivity index (χ3n) is 6.83. The van der Waals surface area contributed by atoms with Crippen LogP contribution in [0.1, 0.15) is 69.7 Å². The molecule has 0 aliphatic heterocycles. The highest BCUT2D eigenvalue weighted by atomic mass is 32.1. The first-order chi connectivity index (χ1) is 24.2. The number of fused-ring (bicyclic) bond motifs is 1. The molecule has 3 N–H and O–H groups in total. The van der Waals surface area contributed by atoms with E-state index in [-0.39, 0.29) is 18.0 Å². The van der Waals surface area contributed by atoms with Crippen LogP contribution in [-0.4, -0.2) is 24.6 Å². The van der Waals surface area contributed by atoms with E-state index in [1.807, 2.05) is 32.2 Å². The van der Waals surface area contributed by atoms with Crippen LogP contribution >= 0.6 is 11.3 Å². The van der Waals surface area contributed by atoms with Crippen molar-refractivity contribution in [3.05, 3.63) is 138 Å². The first-order valence-corrected chi connectivity index (χ1v) is 17.8. The van der Waals surface area contributed by atoms with Gasteiger partial charge in [0.2, 0.25) is 6.41 Å². The second-order valence-electron chi connectivity index (χ2n) is 10.7. The zero-order chi connectivity index (χ0) is 37.3. The van der Waals surface area contributed by atoms with Crippen LogP contribution < -0.4 is 11.1 Å². The average Bonchev–Trinajstić information content (AvgIpc) is 3.58. The Hall–Kier alpha value is -4.66. The van der Waals surface area contributed by atoms with Crippen LogP contribution in [-0.2, 0) is 22.4 Å². The van der Waals surface area contributed by atoms with E-state index < -0.39 is 0 Å². The van der Waals surface area contributed by atoms with Crippen LogP contribution in [0.2, 0.25) is 0 Å². The molecule has 1 amide bonds. The summed E-state index contributed by atoms with van der Waals surface area (Å²) < 4.78 is 33.2. The van der Waals surface area contributed by atoms with Crippen molar-refractivity contribution in [1.29, 1.82) is 0 Å². The van der Waals surface area contributed by atoms with Gasteiger partial charge in [-0.15, -0.1) is 11.3 Å². The summed E-state index contributed by atoms with van der Waals surface area (Å²) in [5, 5.41) is 2.98. The van der Waals surface area contributed by atoms with Gasteiger partial charge in [0.25, 0.3) is 0 Å². The molecule has 8 heteroatoms. The quantitative estimate of drug-likeness (QED) is 0.106. The van der Waals surface area contributed by atoms with E-state index >= 15 is 0 Å². The number of benzene rings is 3. The van der Waals surface area contributed by atoms with E-state index in [0.29, 0.717) is 28.9 Å². The van der Waals surface area contributed by atoms with E-state index in [1.54, 1.807) is 48.6 Å². The maximum atomic E-state index is 13.5. The Morgan fingerprint density at radius 3 is 2.22 bits per heavy atom. The number of halogens is 2. The summed E-state index contributed by atoms with van der Waals surface area (Å²) in [7, 11) is 0. The lowest BCUT2D eigenvalue weighted by atomic mass is 10.1. The molecule has 0 bridgehead atoms. The van der Waals surface area contributed by atoms with E-state index in [9.17, 15) is 8.78 Å². The molecular formula is C42H53F2N3O2S. The summed E-state index contributed by atoms with van der Waals surface area (Å²) in [5.41, 5.74) is 11.4. The molecule has 3 aromatic carbocycles. The topological polar surface area (TPSA) is 77.2 Å². The Labute approximate surface area is 301 Å². The number of nitrogens with zero attached hydrogens (tertiary/aromatic N) is 1. The van der Waals surface area contributed by atoms with Crippen LogP contribution in [0.25, 0.3) is 26.7 Å². The fourth-order valence-electron chi connectivity index (χ4n) is 4.39. The molecule has 2 heterocycles. The number of rotatable bonds is 11. The number of amides is 1. The number of aromatic nitrogens is 1. The molecule has 0 aliphatic carbocycles. The minimum atomic E-state index is -0.274. The van der Waals surface area contributed by atoms with Crippen molar-refractivity contribution in [3.8, 4) is 10.4 Å². The number of hydrogen-bond donors (Lipinski definition) is 2. The summed E-state index contributed by atoms with van der Waals surface area (Å²) >= 11 is 1.79. The number of anilines is 1. The van der Waals surface area contributed by atoms with Crippen LogP contribution in [0.4, 0.5) is 14.5 Å². The van der Waals surface area contributed by atoms with Crippen molar-refractivity contribution in [3.63, 3.8) is 0 Å². The highest BCUT2D eigenvalue weighted by Crippen LogP contribution is 2.35. The third kappa shape index (κ3) is 15.3. The third-order valence-corrected chi connectivity index (χ3v) is 8.06. The van der Waals surface area contributed by atoms with Gasteiger partial charge in [0.15, 0.2) is 0 Å². The van der Waals surface area contributed by atoms with Crippen molar-refractivity contribution in [1.82, 2.24) is 4.98 Å². The lowest BCUT2D eigenvalue weighted by Gasteiger charge is -2.11. The molecule has 0 spiro atoms. The predicted molar refractivity (Wildman–Crippen MR) is 212 cm³/mol. The smallest absolute Gasteiger partial charge is 0.204 e. The van der Waals surface area contributed by atoms with Crippen LogP contribution in [0.3, 0.4) is 0 Å². The van der Waals surface area contributed by atoms with Gasteiger partial charge in [-0.05, 0) is 84.3 Å². The molecule has 0 fully saturated rings. The zero-order valence-electron chi connectivity index (χ0n) is 30.4. The standard InChI is InChI=1S/C17H15NS.C16H15F2N.C6H14O.C2H6.CH3NO/c1-3-12-6-5-7-14(10-12)16-11-15-17(19-16)13(4-2)8-9-18-15;1-11-7-8-14(10-16(11)18)19-12(2)9-13-5-3-4-6-15(13)17;1-3-5-7-6-4-2;1-2;2-1-3/h4-11H,2-3H2,1H3;3-8,10,19H,2,9H2,1H3;3-6H2,1-2H3;1-2H3;1H,(H2,2,3). The molecule has 0 atom stereocenters. The lowest BCUT2D eigenvalue weighted by Crippen LogP contribution is -2.03. The Balaban J connectivity index is 0.000000381. The number of aryl methyl sites for hydroxylation is 2. The van der Waals surface area contributed by atoms with E-state index in [2.05, 4.69) is 80.3 Å². The Morgan fingerprint density at radius 2 is 1.62 bits per heavy atom. The molecule has 2 aromatic heterocycles. The number of primary amides is 1. The zero-order valence-corrected chi connectivity index (χ0v) is 31.2. The number of nitrogens with two attached hydrogens (primary N) is 1. The maximum absolute atomic E-state index is 13.5. The minimum absolute atomic E-state index is 0.250. The number of thiophene rings is 1. The minimum Gasteiger partial charge on any atom is -0.381 e. The lowest BCUT2D eigenvalue weighted by molar-refractivity contribution is -0.106. The second-order valence-corrected chi connectivity index (χ2v) is 11.7. The van der Waals surface area contributed by atoms with Gasteiger partial charge in [0.05, 0.1) is 10.2 Å². The van der Waals surface area contributed by atoms with Crippen molar-refractivity contribution >= 4 is 39.7 Å². The van der Waals surface area contributed by atoms with Gasteiger partial charge >= 0.3 is 0 Å². The number of ether oxygens (including phenoxy) is 1. The molecule has 0 saturated heterocycles. The van der Waals surface area contributed by atoms with Crippen LogP contribution in [0.15, 0.2) is 104 Å². The molecular weight excluding hydrogens is 649 g/mol. The van der Waals surface area contributed by atoms with Crippen LogP contribution in [0, 0.1) is 18.6 Å². The van der Waals surface area contributed by atoms with Crippen molar-refractivity contribution in [2.24, 2.45) is 5.73 Å². The molecule has 5 aromatic rings. The molecule has 50 heavy (non-hydrogen) atoms. The second kappa shape index (κ2) is 25.3. The van der Waals surface area contributed by atoms with Crippen molar-refractivity contribution in [2.45, 2.75) is 67.2 Å². The number of nitrogens with one attached hydrogen (secondary N) is 1. The Kier molecular flexibility index (Phi) is 22.0. The van der Waals surface area contributed by atoms with Gasteiger partial charge in [-0.1, -0.05) is 102 Å². The monoisotopic (exact) mass is 701 g/mol. The number of allylic oxidation sites excluding steroid dienone is 1. The van der Waals surface area contributed by atoms with Crippen molar-refractivity contribution < 1.29 is 18.3 Å². The average molecular weight is 702 g/mol. The molecule has 0 aliphatic rings. The van der Waals surface area contributed by atoms with E-state index in [4.69, 9.17) is 9.53 Å². The highest BCUT2D eigenvalue weighted by Gasteiger charge is 2.08. The van der Waals surface area contributed by atoms with Crippen LogP contribution in [0.5, 0.6) is 0 Å². The van der Waals surface area contributed by atoms with Gasteiger partial charge in [-0.2, -0.15) is 0 Å². The molecule has 268 valence electrons. The molecule has 5 nitrogen and oxygen atoms in total. The summed E-state index contributed by atoms with van der Waals surface area (Å²) in [6.45, 7) is 21.7. The van der Waals surface area contributed by atoms with Gasteiger partial charge in [-0.3, -0.25) is 9.78 Å². The molecule has 5 rings (SSSR count). The van der Waals surface area contributed by atoms with Gasteiger partial charge in [-0.25, -0.2) is 8.78 Å². The Morgan fingerprint density at radius 1 is 0.940 bits per heavy atom. The fraction of sp³-hybridized carbons (Fsp3) is 0.286. The normalized spacial score (nSPS) is 9.68. The first kappa shape index (κ1) is 43.4. The summed E-state index contributed by atoms with van der Waals surface area (Å²) in [6, 6.07) is 24.3. The highest BCUT2D eigenvalue weighted by molar-refractivity contribution is 7.22. The van der Waals surface area contributed by atoms with Gasteiger partial charge in [0, 0.05) is 42.1 Å². The summed E-state index contributed by atoms with van der Waals surface area (Å²) in [6.07, 6.45) is 7.70. The van der Waals surface area contributed by atoms with Gasteiger partial charge in [0.1, 0.15) is 11.6 Å². The number of pyridine rings is 1. The molecule has 0 unspecified atom stereocenters. The number of carbonyl (C=O) groups is 1. The predicted octanol–water partition coefficient (Wildman–Crippen LogP) is 11.6. The van der Waals surface area contributed by atoms with Gasteiger partial charge < -0.3 is 15.8 Å². The van der Waals surface area contributed by atoms with Crippen molar-refractivity contribution in [2.75, 3.05) is 18.5 Å². The SMILES string of the molecule is C=C(Cc1ccccc1F)Nc1ccc(C)c(F)c1.C=Cc1ccnc2cc(-c3cccc(CC)c3)sc12.CC.CCCOCCC.NC=O. The largest absolute Gasteiger partial charge is 0.381 e. The molecule has 0 radical (unpaired) electrons. The summed E-state index contributed by atoms with van der Waals surface area (Å²) in [5.74, 6) is -0.538. The fourth-order valence-corrected chi connectivity index (χ4v) is 5.51. The summed E-state index contributed by atoms with van der Waals surface area (Å²) in [4.78, 5) is 14.3. The van der Waals surface area contributed by atoms with E-state index in [1.165, 1.54) is 32.8 Å².